The molecule has 0 amide bonds. The Bertz CT molecular complexity index is 800. The molecule has 2 unspecified atom stereocenters. The quantitative estimate of drug-likeness (QED) is 0.310. The van der Waals surface area contributed by atoms with Crippen molar-refractivity contribution < 1.29 is 4.74 Å². The molecular formula is C24H38IN5O. The second kappa shape index (κ2) is 12.4. The molecule has 2 atom stereocenters. The van der Waals surface area contributed by atoms with Crippen LogP contribution in [0.4, 0.5) is 0 Å². The molecule has 6 nitrogen and oxygen atoms in total. The van der Waals surface area contributed by atoms with Crippen LogP contribution in [0.5, 0.6) is 0 Å². The Labute approximate surface area is 204 Å². The summed E-state index contributed by atoms with van der Waals surface area (Å²) in [7, 11) is 0. The van der Waals surface area contributed by atoms with Gasteiger partial charge in [-0.25, -0.2) is 9.98 Å². The zero-order valence-corrected chi connectivity index (χ0v) is 21.6. The van der Waals surface area contributed by atoms with Crippen LogP contribution < -0.4 is 10.6 Å². The number of aliphatic imine (C=N–C) groups is 1. The van der Waals surface area contributed by atoms with Crippen molar-refractivity contribution in [3.8, 4) is 0 Å². The molecule has 1 aliphatic rings. The number of rotatable bonds is 7. The smallest absolute Gasteiger partial charge is 0.191 e. The molecule has 1 fully saturated rings. The number of aromatic nitrogens is 2. The summed E-state index contributed by atoms with van der Waals surface area (Å²) in [6.07, 6.45) is 6.46. The second-order valence-corrected chi connectivity index (χ2v) is 9.09. The zero-order valence-electron chi connectivity index (χ0n) is 19.3. The summed E-state index contributed by atoms with van der Waals surface area (Å²) in [4.78, 5) is 9.32. The topological polar surface area (TPSA) is 63.5 Å². The third-order valence-corrected chi connectivity index (χ3v) is 5.55. The minimum atomic E-state index is 0. The van der Waals surface area contributed by atoms with Crippen molar-refractivity contribution in [3.63, 3.8) is 0 Å². The van der Waals surface area contributed by atoms with E-state index in [1.807, 2.05) is 18.5 Å². The largest absolute Gasteiger partial charge is 0.377 e. The van der Waals surface area contributed by atoms with E-state index in [9.17, 15) is 0 Å². The van der Waals surface area contributed by atoms with E-state index in [1.54, 1.807) is 0 Å². The number of guanidine groups is 1. The highest BCUT2D eigenvalue weighted by Gasteiger charge is 2.35. The van der Waals surface area contributed by atoms with E-state index in [2.05, 4.69) is 72.1 Å². The molecule has 2 heterocycles. The fourth-order valence-corrected chi connectivity index (χ4v) is 4.14. The molecule has 0 radical (unpaired) electrons. The number of halogens is 1. The summed E-state index contributed by atoms with van der Waals surface area (Å²) < 4.78 is 8.28. The summed E-state index contributed by atoms with van der Waals surface area (Å²) in [5.74, 6) is 2.29. The average Bonchev–Trinajstić information content (AvgIpc) is 3.17. The lowest BCUT2D eigenvalue weighted by atomic mass is 9.78. The van der Waals surface area contributed by atoms with Crippen LogP contribution in [-0.4, -0.2) is 41.3 Å². The molecule has 1 saturated heterocycles. The number of nitrogens with one attached hydrogen (secondary N) is 2. The van der Waals surface area contributed by atoms with E-state index in [0.29, 0.717) is 12.5 Å². The van der Waals surface area contributed by atoms with E-state index < -0.39 is 0 Å². The average molecular weight is 540 g/mol. The molecule has 1 aromatic carbocycles. The Hall–Kier alpha value is -1.61. The maximum absolute atomic E-state index is 6.12. The summed E-state index contributed by atoms with van der Waals surface area (Å²) in [5, 5.41) is 6.91. The van der Waals surface area contributed by atoms with Crippen LogP contribution >= 0.6 is 24.0 Å². The molecular weight excluding hydrogens is 501 g/mol. The van der Waals surface area contributed by atoms with Crippen molar-refractivity contribution in [2.75, 3.05) is 19.7 Å². The van der Waals surface area contributed by atoms with Gasteiger partial charge in [-0.3, -0.25) is 0 Å². The lowest BCUT2D eigenvalue weighted by Crippen LogP contribution is -2.47. The maximum atomic E-state index is 6.12. The van der Waals surface area contributed by atoms with Crippen LogP contribution in [0.25, 0.3) is 0 Å². The van der Waals surface area contributed by atoms with Crippen molar-refractivity contribution in [2.45, 2.75) is 59.7 Å². The Morgan fingerprint density at radius 1 is 1.23 bits per heavy atom. The predicted octanol–water partition coefficient (Wildman–Crippen LogP) is 4.45. The highest BCUT2D eigenvalue weighted by atomic mass is 127. The molecule has 2 aromatic rings. The van der Waals surface area contributed by atoms with Gasteiger partial charge < -0.3 is 19.9 Å². The normalized spacial score (nSPS) is 19.5. The predicted molar refractivity (Wildman–Crippen MR) is 138 cm³/mol. The van der Waals surface area contributed by atoms with E-state index in [1.165, 1.54) is 12.0 Å². The monoisotopic (exact) mass is 539 g/mol. The van der Waals surface area contributed by atoms with Gasteiger partial charge in [0.25, 0.3) is 0 Å². The fourth-order valence-electron chi connectivity index (χ4n) is 4.14. The van der Waals surface area contributed by atoms with Crippen molar-refractivity contribution in [3.05, 3.63) is 54.1 Å². The first-order chi connectivity index (χ1) is 14.5. The van der Waals surface area contributed by atoms with Crippen molar-refractivity contribution in [2.24, 2.45) is 16.3 Å². The van der Waals surface area contributed by atoms with Crippen LogP contribution in [0.3, 0.4) is 0 Å². The summed E-state index contributed by atoms with van der Waals surface area (Å²) in [6, 6.07) is 10.4. The highest BCUT2D eigenvalue weighted by molar-refractivity contribution is 14.0. The standard InChI is InChI=1S/C24H37N5O.HI/c1-5-25-23(27-16-20-12-9-15-30-22(20)24(2,3)4)28-17-21-26-13-14-29(21)18-19-10-7-6-8-11-19;/h6-8,10-11,13-14,20,22H,5,9,12,15-18H2,1-4H3,(H2,25,27,28);1H. The van der Waals surface area contributed by atoms with Gasteiger partial charge in [-0.1, -0.05) is 51.1 Å². The summed E-state index contributed by atoms with van der Waals surface area (Å²) in [6.45, 7) is 12.8. The van der Waals surface area contributed by atoms with E-state index in [0.717, 1.165) is 44.4 Å². The Kier molecular flexibility index (Phi) is 10.3. The van der Waals surface area contributed by atoms with Crippen LogP contribution in [0.15, 0.2) is 47.7 Å². The molecule has 31 heavy (non-hydrogen) atoms. The third kappa shape index (κ3) is 7.79. The van der Waals surface area contributed by atoms with Crippen LogP contribution in [0.1, 0.15) is 51.9 Å². The van der Waals surface area contributed by atoms with Crippen molar-refractivity contribution in [1.82, 2.24) is 20.2 Å². The van der Waals surface area contributed by atoms with Gasteiger partial charge in [0.1, 0.15) is 12.4 Å². The highest BCUT2D eigenvalue weighted by Crippen LogP contribution is 2.33. The van der Waals surface area contributed by atoms with E-state index >= 15 is 0 Å². The van der Waals surface area contributed by atoms with Crippen molar-refractivity contribution in [1.29, 1.82) is 0 Å². The van der Waals surface area contributed by atoms with Crippen molar-refractivity contribution >= 4 is 29.9 Å². The Morgan fingerprint density at radius 2 is 2.00 bits per heavy atom. The minimum absolute atomic E-state index is 0. The molecule has 1 aliphatic heterocycles. The van der Waals surface area contributed by atoms with Gasteiger partial charge in [0, 0.05) is 44.6 Å². The SMILES string of the molecule is CCNC(=NCc1nccn1Cc1ccccc1)NCC1CCCOC1C(C)(C)C.I. The Balaban J connectivity index is 0.00000341. The lowest BCUT2D eigenvalue weighted by Gasteiger charge is -2.40. The molecule has 1 aromatic heterocycles. The van der Waals surface area contributed by atoms with Gasteiger partial charge in [-0.15, -0.1) is 24.0 Å². The molecule has 7 heteroatoms. The molecule has 0 saturated carbocycles. The molecule has 0 aliphatic carbocycles. The molecule has 0 spiro atoms. The van der Waals surface area contributed by atoms with Gasteiger partial charge >= 0.3 is 0 Å². The van der Waals surface area contributed by atoms with E-state index in [-0.39, 0.29) is 35.5 Å². The Morgan fingerprint density at radius 3 is 2.71 bits per heavy atom. The van der Waals surface area contributed by atoms with Crippen LogP contribution in [-0.2, 0) is 17.8 Å². The zero-order chi connectivity index (χ0) is 21.4. The second-order valence-electron chi connectivity index (χ2n) is 9.09. The van der Waals surface area contributed by atoms with Gasteiger partial charge in [0.05, 0.1) is 6.10 Å². The first-order valence-corrected chi connectivity index (χ1v) is 11.1. The lowest BCUT2D eigenvalue weighted by molar-refractivity contribution is -0.0835. The number of hydrogen-bond acceptors (Lipinski definition) is 3. The summed E-state index contributed by atoms with van der Waals surface area (Å²) in [5.41, 5.74) is 1.40. The number of hydrogen-bond donors (Lipinski definition) is 2. The van der Waals surface area contributed by atoms with Crippen LogP contribution in [0.2, 0.25) is 0 Å². The molecule has 172 valence electrons. The van der Waals surface area contributed by atoms with Gasteiger partial charge in [0.15, 0.2) is 5.96 Å². The first-order valence-electron chi connectivity index (χ1n) is 11.1. The number of nitrogens with zero attached hydrogens (tertiary/aromatic N) is 3. The van der Waals surface area contributed by atoms with Crippen LogP contribution in [0, 0.1) is 11.3 Å². The number of ether oxygens (including phenoxy) is 1. The number of imidazole rings is 1. The van der Waals surface area contributed by atoms with Gasteiger partial charge in [0.2, 0.25) is 0 Å². The molecule has 2 N–H and O–H groups in total. The van der Waals surface area contributed by atoms with Gasteiger partial charge in [-0.2, -0.15) is 0 Å². The fraction of sp³-hybridized carbons (Fsp3) is 0.583. The summed E-state index contributed by atoms with van der Waals surface area (Å²) >= 11 is 0. The minimum Gasteiger partial charge on any atom is -0.377 e. The first kappa shape index (κ1) is 25.6. The molecule has 3 rings (SSSR count). The third-order valence-electron chi connectivity index (χ3n) is 5.55. The van der Waals surface area contributed by atoms with Gasteiger partial charge in [-0.05, 0) is 30.7 Å². The maximum Gasteiger partial charge on any atom is 0.191 e. The van der Waals surface area contributed by atoms with E-state index in [4.69, 9.17) is 9.73 Å². The molecule has 0 bridgehead atoms. The number of benzene rings is 1.